The first-order valence-corrected chi connectivity index (χ1v) is 6.91. The molecule has 0 saturated heterocycles. The van der Waals surface area contributed by atoms with Crippen LogP contribution in [0.5, 0.6) is 0 Å². The van der Waals surface area contributed by atoms with Crippen LogP contribution >= 0.6 is 0 Å². The van der Waals surface area contributed by atoms with Crippen molar-refractivity contribution >= 4 is 0 Å². The van der Waals surface area contributed by atoms with Crippen molar-refractivity contribution in [3.63, 3.8) is 0 Å². The molecule has 0 aromatic heterocycles. The highest BCUT2D eigenvalue weighted by molar-refractivity contribution is 4.80. The normalized spacial score (nSPS) is 27.0. The van der Waals surface area contributed by atoms with Crippen molar-refractivity contribution in [1.29, 1.82) is 0 Å². The lowest BCUT2D eigenvalue weighted by Crippen LogP contribution is -2.39. The molecule has 1 fully saturated rings. The monoisotopic (exact) mass is 227 g/mol. The fraction of sp³-hybridized carbons (Fsp3) is 1.00. The highest BCUT2D eigenvalue weighted by atomic mass is 16.3. The summed E-state index contributed by atoms with van der Waals surface area (Å²) in [5.74, 6) is 0.975. The van der Waals surface area contributed by atoms with Gasteiger partial charge in [-0.2, -0.15) is 0 Å². The average Bonchev–Trinajstić information content (AvgIpc) is 2.27. The van der Waals surface area contributed by atoms with Gasteiger partial charge in [-0.05, 0) is 43.4 Å². The standard InChI is InChI=1S/C14H29NO/c1-4-12-5-7-13(8-6-12)15-11-14(2,3)9-10-16/h12-13,15-16H,4-11H2,1-3H3. The summed E-state index contributed by atoms with van der Waals surface area (Å²) in [6, 6.07) is 0.723. The first-order chi connectivity index (χ1) is 7.57. The number of hydrogen-bond acceptors (Lipinski definition) is 2. The first kappa shape index (κ1) is 14.0. The SMILES string of the molecule is CCC1CCC(NCC(C)(C)CCO)CC1. The van der Waals surface area contributed by atoms with Crippen molar-refractivity contribution in [2.45, 2.75) is 65.3 Å². The molecule has 1 aliphatic rings. The van der Waals surface area contributed by atoms with Crippen LogP contribution in [0.4, 0.5) is 0 Å². The molecular weight excluding hydrogens is 198 g/mol. The molecule has 1 saturated carbocycles. The summed E-state index contributed by atoms with van der Waals surface area (Å²) in [6.45, 7) is 8.11. The van der Waals surface area contributed by atoms with Crippen molar-refractivity contribution in [3.05, 3.63) is 0 Å². The smallest absolute Gasteiger partial charge is 0.0436 e. The minimum atomic E-state index is 0.232. The lowest BCUT2D eigenvalue weighted by molar-refractivity contribution is 0.193. The molecule has 0 aliphatic heterocycles. The molecule has 1 aliphatic carbocycles. The lowest BCUT2D eigenvalue weighted by Gasteiger charge is -2.32. The summed E-state index contributed by atoms with van der Waals surface area (Å²) in [4.78, 5) is 0. The van der Waals surface area contributed by atoms with Gasteiger partial charge in [-0.1, -0.05) is 27.2 Å². The van der Waals surface area contributed by atoms with E-state index in [0.717, 1.165) is 24.9 Å². The minimum absolute atomic E-state index is 0.232. The van der Waals surface area contributed by atoms with Gasteiger partial charge < -0.3 is 10.4 Å². The van der Waals surface area contributed by atoms with Gasteiger partial charge in [0.15, 0.2) is 0 Å². The van der Waals surface area contributed by atoms with Gasteiger partial charge in [0.2, 0.25) is 0 Å². The minimum Gasteiger partial charge on any atom is -0.396 e. The van der Waals surface area contributed by atoms with E-state index in [2.05, 4.69) is 26.1 Å². The van der Waals surface area contributed by atoms with E-state index < -0.39 is 0 Å². The zero-order valence-electron chi connectivity index (χ0n) is 11.3. The molecule has 0 atom stereocenters. The van der Waals surface area contributed by atoms with E-state index in [9.17, 15) is 0 Å². The molecule has 0 spiro atoms. The van der Waals surface area contributed by atoms with E-state index in [1.807, 2.05) is 0 Å². The van der Waals surface area contributed by atoms with E-state index in [1.54, 1.807) is 0 Å². The quantitative estimate of drug-likeness (QED) is 0.731. The molecule has 0 unspecified atom stereocenters. The number of aliphatic hydroxyl groups is 1. The highest BCUT2D eigenvalue weighted by Gasteiger charge is 2.22. The Balaban J connectivity index is 2.19. The molecule has 0 radical (unpaired) electrons. The Bertz CT molecular complexity index is 183. The second-order valence-electron chi connectivity index (χ2n) is 6.14. The van der Waals surface area contributed by atoms with Crippen molar-refractivity contribution in [1.82, 2.24) is 5.32 Å². The molecule has 0 amide bonds. The second-order valence-corrected chi connectivity index (χ2v) is 6.14. The fourth-order valence-electron chi connectivity index (χ4n) is 2.59. The molecular formula is C14H29NO. The maximum atomic E-state index is 8.98. The lowest BCUT2D eigenvalue weighted by atomic mass is 9.83. The summed E-state index contributed by atoms with van der Waals surface area (Å²) in [5.41, 5.74) is 0.232. The summed E-state index contributed by atoms with van der Waals surface area (Å²) in [6.07, 6.45) is 7.72. The van der Waals surface area contributed by atoms with Gasteiger partial charge in [-0.15, -0.1) is 0 Å². The number of rotatable bonds is 6. The summed E-state index contributed by atoms with van der Waals surface area (Å²) in [5, 5.41) is 12.7. The Hall–Kier alpha value is -0.0800. The van der Waals surface area contributed by atoms with E-state index in [4.69, 9.17) is 5.11 Å². The Morgan fingerprint density at radius 2 is 1.81 bits per heavy atom. The van der Waals surface area contributed by atoms with Gasteiger partial charge in [0.25, 0.3) is 0 Å². The number of aliphatic hydroxyl groups excluding tert-OH is 1. The highest BCUT2D eigenvalue weighted by Crippen LogP contribution is 2.27. The summed E-state index contributed by atoms with van der Waals surface area (Å²) < 4.78 is 0. The van der Waals surface area contributed by atoms with Crippen molar-refractivity contribution < 1.29 is 5.11 Å². The van der Waals surface area contributed by atoms with Crippen molar-refractivity contribution in [2.24, 2.45) is 11.3 Å². The van der Waals surface area contributed by atoms with Gasteiger partial charge in [0.1, 0.15) is 0 Å². The van der Waals surface area contributed by atoms with Crippen LogP contribution in [0.25, 0.3) is 0 Å². The largest absolute Gasteiger partial charge is 0.396 e. The topological polar surface area (TPSA) is 32.3 Å². The maximum absolute atomic E-state index is 8.98. The molecule has 0 heterocycles. The molecule has 96 valence electrons. The Kier molecular flexibility index (Phi) is 5.77. The van der Waals surface area contributed by atoms with Gasteiger partial charge in [-0.25, -0.2) is 0 Å². The van der Waals surface area contributed by atoms with E-state index in [0.29, 0.717) is 6.61 Å². The van der Waals surface area contributed by atoms with E-state index in [1.165, 1.54) is 32.1 Å². The van der Waals surface area contributed by atoms with Crippen LogP contribution in [0.15, 0.2) is 0 Å². The summed E-state index contributed by atoms with van der Waals surface area (Å²) >= 11 is 0. The Morgan fingerprint density at radius 3 is 2.31 bits per heavy atom. The predicted molar refractivity (Wildman–Crippen MR) is 69.5 cm³/mol. The summed E-state index contributed by atoms with van der Waals surface area (Å²) in [7, 11) is 0. The van der Waals surface area contributed by atoms with E-state index in [-0.39, 0.29) is 5.41 Å². The third-order valence-electron chi connectivity index (χ3n) is 4.08. The first-order valence-electron chi connectivity index (χ1n) is 6.91. The second kappa shape index (κ2) is 6.61. The molecule has 2 nitrogen and oxygen atoms in total. The molecule has 1 rings (SSSR count). The molecule has 0 aromatic carbocycles. The van der Waals surface area contributed by atoms with Crippen LogP contribution in [0.1, 0.15) is 59.3 Å². The fourth-order valence-corrected chi connectivity index (χ4v) is 2.59. The van der Waals surface area contributed by atoms with Gasteiger partial charge in [0, 0.05) is 19.2 Å². The van der Waals surface area contributed by atoms with Crippen LogP contribution < -0.4 is 5.32 Å². The van der Waals surface area contributed by atoms with Crippen LogP contribution in [0.3, 0.4) is 0 Å². The zero-order valence-corrected chi connectivity index (χ0v) is 11.3. The number of hydrogen-bond donors (Lipinski definition) is 2. The van der Waals surface area contributed by atoms with Crippen molar-refractivity contribution in [3.8, 4) is 0 Å². The van der Waals surface area contributed by atoms with Crippen molar-refractivity contribution in [2.75, 3.05) is 13.2 Å². The average molecular weight is 227 g/mol. The van der Waals surface area contributed by atoms with Crippen LogP contribution in [0, 0.1) is 11.3 Å². The Morgan fingerprint density at radius 1 is 1.19 bits per heavy atom. The Labute approximate surface area is 101 Å². The molecule has 0 bridgehead atoms. The predicted octanol–water partition coefficient (Wildman–Crippen LogP) is 2.95. The molecule has 0 aromatic rings. The maximum Gasteiger partial charge on any atom is 0.0436 e. The van der Waals surface area contributed by atoms with Gasteiger partial charge in [0.05, 0.1) is 0 Å². The third-order valence-corrected chi connectivity index (χ3v) is 4.08. The number of nitrogens with one attached hydrogen (secondary N) is 1. The zero-order chi connectivity index (χ0) is 12.0. The molecule has 16 heavy (non-hydrogen) atoms. The van der Waals surface area contributed by atoms with Gasteiger partial charge in [-0.3, -0.25) is 0 Å². The third kappa shape index (κ3) is 4.84. The van der Waals surface area contributed by atoms with E-state index >= 15 is 0 Å². The van der Waals surface area contributed by atoms with Crippen LogP contribution in [-0.4, -0.2) is 24.3 Å². The molecule has 2 N–H and O–H groups in total. The van der Waals surface area contributed by atoms with Gasteiger partial charge >= 0.3 is 0 Å². The van der Waals surface area contributed by atoms with Crippen LogP contribution in [-0.2, 0) is 0 Å². The van der Waals surface area contributed by atoms with Crippen LogP contribution in [0.2, 0.25) is 0 Å². The molecule has 2 heteroatoms.